The van der Waals surface area contributed by atoms with Gasteiger partial charge in [0.25, 0.3) is 0 Å². The van der Waals surface area contributed by atoms with Crippen molar-refractivity contribution >= 4 is 5.91 Å². The molecule has 2 aromatic rings. The molecule has 2 rings (SSSR count). The molecule has 4 nitrogen and oxygen atoms in total. The number of aromatic nitrogens is 1. The van der Waals surface area contributed by atoms with Crippen LogP contribution in [0, 0.1) is 0 Å². The first-order valence-electron chi connectivity index (χ1n) is 4.53. The highest BCUT2D eigenvalue weighted by atomic mass is 16.3. The molecule has 0 aliphatic carbocycles. The van der Waals surface area contributed by atoms with Crippen LogP contribution >= 0.6 is 0 Å². The van der Waals surface area contributed by atoms with Crippen molar-refractivity contribution in [1.82, 2.24) is 4.98 Å². The molecule has 76 valence electrons. The van der Waals surface area contributed by atoms with Crippen LogP contribution in [0.2, 0.25) is 0 Å². The summed E-state index contributed by atoms with van der Waals surface area (Å²) in [6, 6.07) is 7.16. The lowest BCUT2D eigenvalue weighted by Gasteiger charge is -2.03. The molecule has 1 aromatic heterocycles. The molecule has 0 fully saturated rings. The maximum atomic E-state index is 11.1. The van der Waals surface area contributed by atoms with E-state index >= 15 is 0 Å². The lowest BCUT2D eigenvalue weighted by atomic mass is 10.0. The van der Waals surface area contributed by atoms with Gasteiger partial charge in [0, 0.05) is 5.56 Å². The molecule has 0 aliphatic rings. The first-order valence-corrected chi connectivity index (χ1v) is 4.53. The van der Waals surface area contributed by atoms with Crippen molar-refractivity contribution < 1.29 is 9.21 Å². The number of carbonyl (C=O) groups is 1. The largest absolute Gasteiger partial charge is 0.449 e. The second kappa shape index (κ2) is 3.96. The number of hydrogen-bond acceptors (Lipinski definition) is 3. The van der Waals surface area contributed by atoms with Crippen molar-refractivity contribution in [2.45, 2.75) is 6.42 Å². The average molecular weight is 202 g/mol. The SMILES string of the molecule is NC(=O)c1ccccc1Cc1ncco1. The molecular formula is C11H10N2O2. The van der Waals surface area contributed by atoms with Gasteiger partial charge in [0.15, 0.2) is 5.89 Å². The number of rotatable bonds is 3. The standard InChI is InChI=1S/C11H10N2O2/c12-11(14)9-4-2-1-3-8(9)7-10-13-5-6-15-10/h1-6H,7H2,(H2,12,14). The minimum atomic E-state index is -0.433. The summed E-state index contributed by atoms with van der Waals surface area (Å²) in [7, 11) is 0. The third kappa shape index (κ3) is 2.04. The molecule has 15 heavy (non-hydrogen) atoms. The van der Waals surface area contributed by atoms with E-state index < -0.39 is 5.91 Å². The Morgan fingerprint density at radius 2 is 2.20 bits per heavy atom. The minimum absolute atomic E-state index is 0.433. The van der Waals surface area contributed by atoms with Crippen molar-refractivity contribution in [3.8, 4) is 0 Å². The molecule has 4 heteroatoms. The summed E-state index contributed by atoms with van der Waals surface area (Å²) in [4.78, 5) is 15.1. The molecule has 0 bridgehead atoms. The van der Waals surface area contributed by atoms with Crippen molar-refractivity contribution in [2.24, 2.45) is 5.73 Å². The molecule has 1 amide bonds. The van der Waals surface area contributed by atoms with Crippen molar-refractivity contribution in [2.75, 3.05) is 0 Å². The summed E-state index contributed by atoms with van der Waals surface area (Å²) in [5.41, 5.74) is 6.59. The Balaban J connectivity index is 2.32. The lowest BCUT2D eigenvalue weighted by Crippen LogP contribution is -2.13. The fourth-order valence-electron chi connectivity index (χ4n) is 1.42. The highest BCUT2D eigenvalue weighted by molar-refractivity contribution is 5.94. The molecule has 1 aromatic carbocycles. The van der Waals surface area contributed by atoms with Crippen molar-refractivity contribution in [1.29, 1.82) is 0 Å². The highest BCUT2D eigenvalue weighted by Gasteiger charge is 2.09. The van der Waals surface area contributed by atoms with Crippen LogP contribution in [0.15, 0.2) is 41.1 Å². The molecule has 0 spiro atoms. The van der Waals surface area contributed by atoms with Gasteiger partial charge in [-0.25, -0.2) is 4.98 Å². The molecule has 0 unspecified atom stereocenters. The number of nitrogens with zero attached hydrogens (tertiary/aromatic N) is 1. The number of amides is 1. The van der Waals surface area contributed by atoms with Crippen LogP contribution in [0.3, 0.4) is 0 Å². The zero-order valence-electron chi connectivity index (χ0n) is 8.01. The molecule has 0 saturated carbocycles. The van der Waals surface area contributed by atoms with Gasteiger partial charge in [0.05, 0.1) is 12.6 Å². The predicted molar refractivity (Wildman–Crippen MR) is 54.3 cm³/mol. The number of nitrogens with two attached hydrogens (primary N) is 1. The molecule has 0 aliphatic heterocycles. The second-order valence-electron chi connectivity index (χ2n) is 3.12. The van der Waals surface area contributed by atoms with Gasteiger partial charge < -0.3 is 10.2 Å². The van der Waals surface area contributed by atoms with E-state index in [1.807, 2.05) is 12.1 Å². The fourth-order valence-corrected chi connectivity index (χ4v) is 1.42. The summed E-state index contributed by atoms with van der Waals surface area (Å²) < 4.78 is 5.11. The third-order valence-corrected chi connectivity index (χ3v) is 2.11. The minimum Gasteiger partial charge on any atom is -0.449 e. The van der Waals surface area contributed by atoms with E-state index in [1.54, 1.807) is 18.3 Å². The summed E-state index contributed by atoms with van der Waals surface area (Å²) in [5.74, 6) is 0.140. The van der Waals surface area contributed by atoms with Crippen LogP contribution in [0.4, 0.5) is 0 Å². The van der Waals surface area contributed by atoms with E-state index in [0.717, 1.165) is 5.56 Å². The quantitative estimate of drug-likeness (QED) is 0.817. The van der Waals surface area contributed by atoms with Gasteiger partial charge in [0.2, 0.25) is 5.91 Å². The van der Waals surface area contributed by atoms with Crippen LogP contribution in [-0.4, -0.2) is 10.9 Å². The van der Waals surface area contributed by atoms with Crippen LogP contribution < -0.4 is 5.73 Å². The summed E-state index contributed by atoms with van der Waals surface area (Å²) in [6.07, 6.45) is 3.55. The van der Waals surface area contributed by atoms with Gasteiger partial charge in [0.1, 0.15) is 6.26 Å². The zero-order valence-corrected chi connectivity index (χ0v) is 8.01. The first-order chi connectivity index (χ1) is 7.27. The second-order valence-corrected chi connectivity index (χ2v) is 3.12. The monoisotopic (exact) mass is 202 g/mol. The molecular weight excluding hydrogens is 192 g/mol. The Labute approximate surface area is 86.7 Å². The van der Waals surface area contributed by atoms with Crippen molar-refractivity contribution in [3.05, 3.63) is 53.7 Å². The Morgan fingerprint density at radius 3 is 2.87 bits per heavy atom. The Morgan fingerprint density at radius 1 is 1.40 bits per heavy atom. The topological polar surface area (TPSA) is 69.1 Å². The van der Waals surface area contributed by atoms with Crippen LogP contribution in [0.5, 0.6) is 0 Å². The molecule has 0 radical (unpaired) electrons. The van der Waals surface area contributed by atoms with Gasteiger partial charge in [-0.05, 0) is 11.6 Å². The lowest BCUT2D eigenvalue weighted by molar-refractivity contribution is 0.0999. The average Bonchev–Trinajstić information content (AvgIpc) is 2.71. The number of carbonyl (C=O) groups excluding carboxylic acids is 1. The van der Waals surface area contributed by atoms with Crippen LogP contribution in [0.25, 0.3) is 0 Å². The number of primary amides is 1. The number of benzene rings is 1. The van der Waals surface area contributed by atoms with E-state index in [0.29, 0.717) is 17.9 Å². The maximum absolute atomic E-state index is 11.1. The van der Waals surface area contributed by atoms with Crippen LogP contribution in [0.1, 0.15) is 21.8 Å². The predicted octanol–water partition coefficient (Wildman–Crippen LogP) is 1.36. The molecule has 2 N–H and O–H groups in total. The third-order valence-electron chi connectivity index (χ3n) is 2.11. The van der Waals surface area contributed by atoms with E-state index in [9.17, 15) is 4.79 Å². The smallest absolute Gasteiger partial charge is 0.248 e. The van der Waals surface area contributed by atoms with Crippen LogP contribution in [-0.2, 0) is 6.42 Å². The Bertz CT molecular complexity index is 463. The first kappa shape index (κ1) is 9.45. The summed E-state index contributed by atoms with van der Waals surface area (Å²) in [6.45, 7) is 0. The Hall–Kier alpha value is -2.10. The zero-order chi connectivity index (χ0) is 10.7. The summed E-state index contributed by atoms with van der Waals surface area (Å²) in [5, 5.41) is 0. The molecule has 0 atom stereocenters. The molecule has 0 saturated heterocycles. The van der Waals surface area contributed by atoms with Gasteiger partial charge in [-0.2, -0.15) is 0 Å². The van der Waals surface area contributed by atoms with Gasteiger partial charge in [-0.1, -0.05) is 18.2 Å². The van der Waals surface area contributed by atoms with Gasteiger partial charge in [-0.15, -0.1) is 0 Å². The van der Waals surface area contributed by atoms with Gasteiger partial charge >= 0.3 is 0 Å². The fraction of sp³-hybridized carbons (Fsp3) is 0.0909. The van der Waals surface area contributed by atoms with E-state index in [1.165, 1.54) is 6.26 Å². The molecule has 1 heterocycles. The highest BCUT2D eigenvalue weighted by Crippen LogP contribution is 2.12. The van der Waals surface area contributed by atoms with Crippen molar-refractivity contribution in [3.63, 3.8) is 0 Å². The normalized spacial score (nSPS) is 10.1. The summed E-state index contributed by atoms with van der Waals surface area (Å²) >= 11 is 0. The van der Waals surface area contributed by atoms with E-state index in [2.05, 4.69) is 4.98 Å². The van der Waals surface area contributed by atoms with E-state index in [-0.39, 0.29) is 0 Å². The van der Waals surface area contributed by atoms with Gasteiger partial charge in [-0.3, -0.25) is 4.79 Å². The Kier molecular flexibility index (Phi) is 2.49. The maximum Gasteiger partial charge on any atom is 0.248 e. The number of hydrogen-bond donors (Lipinski definition) is 1. The number of oxazole rings is 1. The van der Waals surface area contributed by atoms with E-state index in [4.69, 9.17) is 10.2 Å².